The highest BCUT2D eigenvalue weighted by atomic mass is 16.5. The maximum Gasteiger partial charge on any atom is 0.163 e. The molecule has 0 saturated heterocycles. The molecule has 0 radical (unpaired) electrons. The Bertz CT molecular complexity index is 480. The van der Waals surface area contributed by atoms with Gasteiger partial charge < -0.3 is 19.6 Å². The molecule has 0 unspecified atom stereocenters. The van der Waals surface area contributed by atoms with E-state index in [0.717, 1.165) is 18.6 Å². The van der Waals surface area contributed by atoms with Crippen LogP contribution in [-0.2, 0) is 6.42 Å². The molecular formula is C14H17NO3. The molecule has 0 aliphatic rings. The topological polar surface area (TPSA) is 57.6 Å². The predicted molar refractivity (Wildman–Crippen MR) is 69.9 cm³/mol. The first kappa shape index (κ1) is 12.4. The van der Waals surface area contributed by atoms with Crippen LogP contribution < -0.4 is 15.2 Å². The molecule has 0 aliphatic heterocycles. The third-order valence-electron chi connectivity index (χ3n) is 2.59. The molecule has 2 N–H and O–H groups in total. The van der Waals surface area contributed by atoms with E-state index in [9.17, 15) is 0 Å². The Balaban J connectivity index is 1.84. The van der Waals surface area contributed by atoms with Crippen LogP contribution in [0.4, 0.5) is 5.69 Å². The number of furan rings is 1. The van der Waals surface area contributed by atoms with E-state index >= 15 is 0 Å². The van der Waals surface area contributed by atoms with E-state index in [1.807, 2.05) is 12.1 Å². The number of ether oxygens (including phenoxy) is 2. The lowest BCUT2D eigenvalue weighted by Gasteiger charge is -2.10. The van der Waals surface area contributed by atoms with Crippen LogP contribution in [0, 0.1) is 0 Å². The number of aryl methyl sites for hydroxylation is 1. The van der Waals surface area contributed by atoms with Crippen molar-refractivity contribution in [3.63, 3.8) is 0 Å². The number of rotatable bonds is 6. The van der Waals surface area contributed by atoms with Crippen LogP contribution in [0.1, 0.15) is 12.2 Å². The molecule has 1 heterocycles. The molecule has 0 spiro atoms. The number of hydrogen-bond donors (Lipinski definition) is 1. The van der Waals surface area contributed by atoms with Gasteiger partial charge in [0, 0.05) is 18.2 Å². The Morgan fingerprint density at radius 2 is 2.11 bits per heavy atom. The van der Waals surface area contributed by atoms with Crippen LogP contribution in [0.2, 0.25) is 0 Å². The van der Waals surface area contributed by atoms with Gasteiger partial charge in [0.1, 0.15) is 5.76 Å². The maximum absolute atomic E-state index is 5.71. The number of methoxy groups -OCH3 is 1. The van der Waals surface area contributed by atoms with Gasteiger partial charge in [-0.25, -0.2) is 0 Å². The monoisotopic (exact) mass is 247 g/mol. The zero-order valence-electron chi connectivity index (χ0n) is 10.4. The third-order valence-corrected chi connectivity index (χ3v) is 2.59. The van der Waals surface area contributed by atoms with Gasteiger partial charge in [0.2, 0.25) is 0 Å². The van der Waals surface area contributed by atoms with Crippen molar-refractivity contribution in [3.8, 4) is 11.5 Å². The highest BCUT2D eigenvalue weighted by Gasteiger charge is 2.04. The van der Waals surface area contributed by atoms with E-state index in [-0.39, 0.29) is 0 Å². The average molecular weight is 247 g/mol. The second kappa shape index (κ2) is 6.00. The summed E-state index contributed by atoms with van der Waals surface area (Å²) in [6, 6.07) is 9.20. The van der Waals surface area contributed by atoms with E-state index in [2.05, 4.69) is 0 Å². The average Bonchev–Trinajstić information content (AvgIpc) is 2.88. The molecular weight excluding hydrogens is 230 g/mol. The highest BCUT2D eigenvalue weighted by molar-refractivity contribution is 5.51. The zero-order chi connectivity index (χ0) is 12.8. The van der Waals surface area contributed by atoms with Gasteiger partial charge in [-0.2, -0.15) is 0 Å². The van der Waals surface area contributed by atoms with Crippen molar-refractivity contribution in [2.24, 2.45) is 0 Å². The van der Waals surface area contributed by atoms with Crippen molar-refractivity contribution in [1.82, 2.24) is 0 Å². The molecule has 96 valence electrons. The van der Waals surface area contributed by atoms with Crippen molar-refractivity contribution in [3.05, 3.63) is 42.4 Å². The number of nitrogens with two attached hydrogens (primary N) is 1. The smallest absolute Gasteiger partial charge is 0.163 e. The van der Waals surface area contributed by atoms with E-state index in [0.29, 0.717) is 23.8 Å². The summed E-state index contributed by atoms with van der Waals surface area (Å²) in [5.74, 6) is 2.34. The van der Waals surface area contributed by atoms with Crippen molar-refractivity contribution in [2.45, 2.75) is 12.8 Å². The minimum Gasteiger partial charge on any atom is -0.493 e. The summed E-state index contributed by atoms with van der Waals surface area (Å²) < 4.78 is 16.1. The van der Waals surface area contributed by atoms with Gasteiger partial charge in [-0.3, -0.25) is 0 Å². The molecule has 18 heavy (non-hydrogen) atoms. The van der Waals surface area contributed by atoms with Crippen LogP contribution in [-0.4, -0.2) is 13.7 Å². The number of nitrogen functional groups attached to an aromatic ring is 1. The Morgan fingerprint density at radius 3 is 2.83 bits per heavy atom. The third kappa shape index (κ3) is 3.20. The van der Waals surface area contributed by atoms with Gasteiger partial charge in [0.05, 0.1) is 20.0 Å². The minimum absolute atomic E-state index is 0.598. The van der Waals surface area contributed by atoms with Gasteiger partial charge in [0.15, 0.2) is 11.5 Å². The normalized spacial score (nSPS) is 10.3. The summed E-state index contributed by atoms with van der Waals surface area (Å²) in [7, 11) is 1.61. The predicted octanol–water partition coefficient (Wildman–Crippen LogP) is 2.88. The first-order valence-corrected chi connectivity index (χ1v) is 5.88. The van der Waals surface area contributed by atoms with E-state index < -0.39 is 0 Å². The van der Waals surface area contributed by atoms with Crippen molar-refractivity contribution in [1.29, 1.82) is 0 Å². The number of anilines is 1. The lowest BCUT2D eigenvalue weighted by Crippen LogP contribution is -2.01. The SMILES string of the molecule is COc1ccc(N)cc1OCCCc1ccco1. The van der Waals surface area contributed by atoms with Gasteiger partial charge in [-0.15, -0.1) is 0 Å². The van der Waals surface area contributed by atoms with E-state index in [1.54, 1.807) is 31.6 Å². The largest absolute Gasteiger partial charge is 0.493 e. The fourth-order valence-electron chi connectivity index (χ4n) is 1.69. The molecule has 2 aromatic rings. The Labute approximate surface area is 106 Å². The van der Waals surface area contributed by atoms with Crippen molar-refractivity contribution in [2.75, 3.05) is 19.5 Å². The van der Waals surface area contributed by atoms with Crippen LogP contribution in [0.5, 0.6) is 11.5 Å². The molecule has 1 aromatic carbocycles. The summed E-state index contributed by atoms with van der Waals surface area (Å²) in [5.41, 5.74) is 6.38. The van der Waals surface area contributed by atoms with Gasteiger partial charge in [-0.05, 0) is 30.7 Å². The zero-order valence-corrected chi connectivity index (χ0v) is 10.4. The molecule has 4 heteroatoms. The summed E-state index contributed by atoms with van der Waals surface area (Å²) in [4.78, 5) is 0. The first-order chi connectivity index (χ1) is 8.79. The second-order valence-electron chi connectivity index (χ2n) is 3.94. The lowest BCUT2D eigenvalue weighted by atomic mass is 10.2. The van der Waals surface area contributed by atoms with Crippen molar-refractivity contribution >= 4 is 5.69 Å². The van der Waals surface area contributed by atoms with Gasteiger partial charge in [0.25, 0.3) is 0 Å². The molecule has 0 saturated carbocycles. The summed E-state index contributed by atoms with van der Waals surface area (Å²) in [5, 5.41) is 0. The molecule has 0 bridgehead atoms. The van der Waals surface area contributed by atoms with Crippen LogP contribution in [0.15, 0.2) is 41.0 Å². The molecule has 4 nitrogen and oxygen atoms in total. The number of hydrogen-bond acceptors (Lipinski definition) is 4. The molecule has 1 aromatic heterocycles. The minimum atomic E-state index is 0.598. The van der Waals surface area contributed by atoms with Crippen LogP contribution >= 0.6 is 0 Å². The summed E-state index contributed by atoms with van der Waals surface area (Å²) >= 11 is 0. The Hall–Kier alpha value is -2.10. The molecule has 0 atom stereocenters. The molecule has 0 amide bonds. The van der Waals surface area contributed by atoms with E-state index in [1.165, 1.54) is 0 Å². The Kier molecular flexibility index (Phi) is 4.12. The van der Waals surface area contributed by atoms with Crippen LogP contribution in [0.25, 0.3) is 0 Å². The first-order valence-electron chi connectivity index (χ1n) is 5.88. The number of benzene rings is 1. The summed E-state index contributed by atoms with van der Waals surface area (Å²) in [6.07, 6.45) is 3.42. The Morgan fingerprint density at radius 1 is 1.22 bits per heavy atom. The molecule has 0 aliphatic carbocycles. The van der Waals surface area contributed by atoms with Crippen molar-refractivity contribution < 1.29 is 13.9 Å². The van der Waals surface area contributed by atoms with E-state index in [4.69, 9.17) is 19.6 Å². The fraction of sp³-hybridized carbons (Fsp3) is 0.286. The second-order valence-corrected chi connectivity index (χ2v) is 3.94. The molecule has 2 rings (SSSR count). The summed E-state index contributed by atoms with van der Waals surface area (Å²) in [6.45, 7) is 0.598. The standard InChI is InChI=1S/C14H17NO3/c1-16-13-7-6-11(15)10-14(13)18-9-3-5-12-4-2-8-17-12/h2,4,6-8,10H,3,5,9,15H2,1H3. The lowest BCUT2D eigenvalue weighted by molar-refractivity contribution is 0.286. The van der Waals surface area contributed by atoms with Crippen LogP contribution in [0.3, 0.4) is 0 Å². The maximum atomic E-state index is 5.71. The van der Waals surface area contributed by atoms with Gasteiger partial charge in [-0.1, -0.05) is 0 Å². The van der Waals surface area contributed by atoms with Gasteiger partial charge >= 0.3 is 0 Å². The highest BCUT2D eigenvalue weighted by Crippen LogP contribution is 2.29. The fourth-order valence-corrected chi connectivity index (χ4v) is 1.69. The quantitative estimate of drug-likeness (QED) is 0.630. The molecule has 0 fully saturated rings.